The first kappa shape index (κ1) is 17.7. The Hall–Kier alpha value is -1.70. The van der Waals surface area contributed by atoms with Gasteiger partial charge in [0, 0.05) is 17.2 Å². The molecular formula is C18H16ClN3O2S2. The lowest BCUT2D eigenvalue weighted by Gasteiger charge is -2.19. The van der Waals surface area contributed by atoms with Gasteiger partial charge < -0.3 is 4.42 Å². The van der Waals surface area contributed by atoms with Crippen molar-refractivity contribution < 1.29 is 9.21 Å². The summed E-state index contributed by atoms with van der Waals surface area (Å²) in [7, 11) is 0. The molecule has 0 bridgehead atoms. The molecule has 8 heteroatoms. The topological polar surface area (TPSA) is 58.2 Å². The van der Waals surface area contributed by atoms with Crippen molar-refractivity contribution in [3.63, 3.8) is 0 Å². The largest absolute Gasteiger partial charge is 0.467 e. The van der Waals surface area contributed by atoms with Crippen molar-refractivity contribution >= 4 is 51.1 Å². The molecule has 1 amide bonds. The first-order chi connectivity index (χ1) is 12.7. The summed E-state index contributed by atoms with van der Waals surface area (Å²) in [5, 5.41) is 6.83. The van der Waals surface area contributed by atoms with E-state index in [0.29, 0.717) is 17.2 Å². The molecule has 0 N–H and O–H groups in total. The van der Waals surface area contributed by atoms with Gasteiger partial charge in [0.1, 0.15) is 16.2 Å². The van der Waals surface area contributed by atoms with Gasteiger partial charge in [-0.2, -0.15) is 5.10 Å². The Kier molecular flexibility index (Phi) is 5.38. The van der Waals surface area contributed by atoms with Crippen molar-refractivity contribution in [2.24, 2.45) is 10.1 Å². The highest BCUT2D eigenvalue weighted by atomic mass is 35.5. The van der Waals surface area contributed by atoms with E-state index in [1.165, 1.54) is 11.8 Å². The summed E-state index contributed by atoms with van der Waals surface area (Å²) in [4.78, 5) is 17.2. The maximum absolute atomic E-state index is 12.8. The molecule has 5 nitrogen and oxygen atoms in total. The number of rotatable bonds is 4. The SMILES string of the molecule is O=C(CSC1=NCCS1)N1N=C(c2ccc(Cl)cc2)C[C@H]1c1ccco1. The molecule has 1 atom stereocenters. The Morgan fingerprint density at radius 1 is 1.35 bits per heavy atom. The molecule has 4 rings (SSSR count). The molecule has 2 aliphatic rings. The molecule has 26 heavy (non-hydrogen) atoms. The van der Waals surface area contributed by atoms with Crippen molar-refractivity contribution in [2.75, 3.05) is 18.1 Å². The Balaban J connectivity index is 1.55. The number of amides is 1. The van der Waals surface area contributed by atoms with Crippen molar-refractivity contribution in [3.8, 4) is 0 Å². The normalized spacial score (nSPS) is 19.6. The highest BCUT2D eigenvalue weighted by Gasteiger charge is 2.34. The van der Waals surface area contributed by atoms with Gasteiger partial charge in [-0.15, -0.1) is 0 Å². The van der Waals surface area contributed by atoms with Crippen molar-refractivity contribution in [2.45, 2.75) is 12.5 Å². The maximum Gasteiger partial charge on any atom is 0.253 e. The van der Waals surface area contributed by atoms with Crippen LogP contribution in [0.3, 0.4) is 0 Å². The second kappa shape index (κ2) is 7.90. The molecule has 0 saturated carbocycles. The second-order valence-corrected chi connectivity index (χ2v) is 8.55. The van der Waals surface area contributed by atoms with Gasteiger partial charge in [0.05, 0.1) is 24.3 Å². The van der Waals surface area contributed by atoms with E-state index in [2.05, 4.69) is 10.1 Å². The van der Waals surface area contributed by atoms with Crippen LogP contribution in [0.25, 0.3) is 0 Å². The number of hydrogen-bond acceptors (Lipinski definition) is 6. The van der Waals surface area contributed by atoms with E-state index in [9.17, 15) is 4.79 Å². The zero-order valence-electron chi connectivity index (χ0n) is 13.8. The molecule has 0 radical (unpaired) electrons. The first-order valence-corrected chi connectivity index (χ1v) is 10.5. The van der Waals surface area contributed by atoms with Crippen molar-refractivity contribution in [1.82, 2.24) is 5.01 Å². The predicted molar refractivity (Wildman–Crippen MR) is 108 cm³/mol. The lowest BCUT2D eigenvalue weighted by molar-refractivity contribution is -0.130. The molecule has 0 aliphatic carbocycles. The summed E-state index contributed by atoms with van der Waals surface area (Å²) >= 11 is 9.16. The molecule has 0 saturated heterocycles. The highest BCUT2D eigenvalue weighted by molar-refractivity contribution is 8.39. The molecular weight excluding hydrogens is 390 g/mol. The molecule has 1 aromatic heterocycles. The van der Waals surface area contributed by atoms with Crippen LogP contribution in [0.5, 0.6) is 0 Å². The van der Waals surface area contributed by atoms with Crippen LogP contribution in [-0.4, -0.2) is 39.1 Å². The number of halogens is 1. The van der Waals surface area contributed by atoms with E-state index in [4.69, 9.17) is 16.0 Å². The third kappa shape index (κ3) is 3.84. The molecule has 2 aromatic rings. The van der Waals surface area contributed by atoms with Gasteiger partial charge in [-0.25, -0.2) is 5.01 Å². The molecule has 0 spiro atoms. The summed E-state index contributed by atoms with van der Waals surface area (Å²) in [5.41, 5.74) is 1.82. The summed E-state index contributed by atoms with van der Waals surface area (Å²) in [6, 6.07) is 11.0. The zero-order valence-corrected chi connectivity index (χ0v) is 16.2. The molecule has 134 valence electrons. The Morgan fingerprint density at radius 3 is 2.88 bits per heavy atom. The predicted octanol–water partition coefficient (Wildman–Crippen LogP) is 4.45. The van der Waals surface area contributed by atoms with E-state index in [0.717, 1.165) is 33.7 Å². The fourth-order valence-corrected chi connectivity index (χ4v) is 4.84. The van der Waals surface area contributed by atoms with Crippen LogP contribution in [0.1, 0.15) is 23.8 Å². The maximum atomic E-state index is 12.8. The van der Waals surface area contributed by atoms with Crippen LogP contribution in [0, 0.1) is 0 Å². The number of benzene rings is 1. The summed E-state index contributed by atoms with van der Waals surface area (Å²) in [6.07, 6.45) is 2.23. The van der Waals surface area contributed by atoms with Crippen LogP contribution in [-0.2, 0) is 4.79 Å². The average Bonchev–Trinajstić information content (AvgIpc) is 3.41. The third-order valence-electron chi connectivity index (χ3n) is 4.09. The number of hydrogen-bond donors (Lipinski definition) is 0. The number of hydrazone groups is 1. The Bertz CT molecular complexity index is 850. The number of carbonyl (C=O) groups is 1. The van der Waals surface area contributed by atoms with Gasteiger partial charge in [0.25, 0.3) is 5.91 Å². The number of thioether (sulfide) groups is 2. The van der Waals surface area contributed by atoms with Gasteiger partial charge in [-0.05, 0) is 29.8 Å². The van der Waals surface area contributed by atoms with Crippen molar-refractivity contribution in [3.05, 3.63) is 59.0 Å². The van der Waals surface area contributed by atoms with Crippen LogP contribution in [0.15, 0.2) is 57.2 Å². The van der Waals surface area contributed by atoms with E-state index in [1.54, 1.807) is 23.0 Å². The van der Waals surface area contributed by atoms with E-state index in [-0.39, 0.29) is 11.9 Å². The number of furan rings is 1. The fourth-order valence-electron chi connectivity index (χ4n) is 2.85. The minimum Gasteiger partial charge on any atom is -0.467 e. The van der Waals surface area contributed by atoms with Gasteiger partial charge in [-0.3, -0.25) is 9.79 Å². The number of aliphatic imine (C=N–C) groups is 1. The van der Waals surface area contributed by atoms with Gasteiger partial charge in [0.2, 0.25) is 0 Å². The third-order valence-corrected chi connectivity index (χ3v) is 6.58. The van der Waals surface area contributed by atoms with Crippen LogP contribution in [0.4, 0.5) is 0 Å². The zero-order chi connectivity index (χ0) is 17.9. The average molecular weight is 406 g/mol. The summed E-state index contributed by atoms with van der Waals surface area (Å²) < 4.78 is 6.54. The van der Waals surface area contributed by atoms with Gasteiger partial charge in [0.15, 0.2) is 0 Å². The van der Waals surface area contributed by atoms with E-state index >= 15 is 0 Å². The molecule has 0 unspecified atom stereocenters. The first-order valence-electron chi connectivity index (χ1n) is 8.19. The lowest BCUT2D eigenvalue weighted by atomic mass is 10.0. The van der Waals surface area contributed by atoms with Crippen LogP contribution < -0.4 is 0 Å². The van der Waals surface area contributed by atoms with Crippen LogP contribution in [0.2, 0.25) is 5.02 Å². The Labute approximate surface area is 164 Å². The number of carbonyl (C=O) groups excluding carboxylic acids is 1. The molecule has 0 fully saturated rings. The number of nitrogens with zero attached hydrogens (tertiary/aromatic N) is 3. The smallest absolute Gasteiger partial charge is 0.253 e. The molecule has 3 heterocycles. The van der Waals surface area contributed by atoms with Crippen LogP contribution >= 0.6 is 35.1 Å². The molecule has 2 aliphatic heterocycles. The quantitative estimate of drug-likeness (QED) is 0.754. The van der Waals surface area contributed by atoms with Gasteiger partial charge in [-0.1, -0.05) is 47.3 Å². The fraction of sp³-hybridized carbons (Fsp3) is 0.278. The summed E-state index contributed by atoms with van der Waals surface area (Å²) in [5.74, 6) is 2.01. The highest BCUT2D eigenvalue weighted by Crippen LogP contribution is 2.34. The monoisotopic (exact) mass is 405 g/mol. The standard InChI is InChI=1S/C18H16ClN3O2S2/c19-13-5-3-12(4-6-13)14-10-15(16-2-1-8-24-16)22(21-14)17(23)11-26-18-20-7-9-25-18/h1-6,8,15H,7,9-11H2/t15-/m0/s1. The molecule has 1 aromatic carbocycles. The minimum absolute atomic E-state index is 0.0458. The lowest BCUT2D eigenvalue weighted by Crippen LogP contribution is -2.28. The van der Waals surface area contributed by atoms with E-state index < -0.39 is 0 Å². The summed E-state index contributed by atoms with van der Waals surface area (Å²) in [6.45, 7) is 0.832. The Morgan fingerprint density at radius 2 is 2.19 bits per heavy atom. The van der Waals surface area contributed by atoms with E-state index in [1.807, 2.05) is 36.4 Å². The van der Waals surface area contributed by atoms with Gasteiger partial charge >= 0.3 is 0 Å². The minimum atomic E-state index is -0.220. The second-order valence-electron chi connectivity index (χ2n) is 5.81. The van der Waals surface area contributed by atoms with Crippen molar-refractivity contribution in [1.29, 1.82) is 0 Å².